The number of aromatic nitrogens is 3. The summed E-state index contributed by atoms with van der Waals surface area (Å²) < 4.78 is 13.1. The quantitative estimate of drug-likeness (QED) is 0.299. The number of aryl methyl sites for hydroxylation is 2. The monoisotopic (exact) mass is 574 g/mol. The van der Waals surface area contributed by atoms with Gasteiger partial charge < -0.3 is 19.5 Å². The van der Waals surface area contributed by atoms with Crippen LogP contribution in [-0.4, -0.2) is 75.1 Å². The molecule has 3 aliphatic heterocycles. The molecule has 1 fully saturated rings. The molecule has 220 valence electrons. The highest BCUT2D eigenvalue weighted by Gasteiger charge is 2.27. The van der Waals surface area contributed by atoms with Crippen molar-refractivity contribution in [1.82, 2.24) is 29.8 Å². The number of benzene rings is 1. The van der Waals surface area contributed by atoms with E-state index in [4.69, 9.17) is 14.2 Å². The molecular weight excluding hydrogens is 540 g/mol. The maximum absolute atomic E-state index is 13.1. The molecule has 3 amide bonds. The third kappa shape index (κ3) is 5.71. The molecule has 42 heavy (non-hydrogen) atoms. The fourth-order valence-electron chi connectivity index (χ4n) is 6.03. The van der Waals surface area contributed by atoms with Gasteiger partial charge in [0.2, 0.25) is 5.91 Å². The Balaban J connectivity index is 0.993. The van der Waals surface area contributed by atoms with Gasteiger partial charge in [-0.15, -0.1) is 0 Å². The number of ether oxygens (including phenoxy) is 1. The van der Waals surface area contributed by atoms with Gasteiger partial charge in [-0.3, -0.25) is 28.6 Å². The highest BCUT2D eigenvalue weighted by Crippen LogP contribution is 2.34. The van der Waals surface area contributed by atoms with Crippen LogP contribution in [0.15, 0.2) is 39.7 Å². The number of amides is 3. The maximum Gasteiger partial charge on any atom is 0.256 e. The number of rotatable bonds is 9. The molecule has 2 aromatic heterocycles. The topological polar surface area (TPSA) is 140 Å². The zero-order valence-corrected chi connectivity index (χ0v) is 23.6. The second-order valence-electron chi connectivity index (χ2n) is 11.1. The second kappa shape index (κ2) is 11.9. The van der Waals surface area contributed by atoms with Gasteiger partial charge in [0.15, 0.2) is 12.3 Å². The fourth-order valence-corrected chi connectivity index (χ4v) is 6.03. The van der Waals surface area contributed by atoms with Crippen molar-refractivity contribution in [3.05, 3.63) is 63.5 Å². The highest BCUT2D eigenvalue weighted by molar-refractivity contribution is 6.14. The molecule has 12 heteroatoms. The van der Waals surface area contributed by atoms with E-state index in [0.717, 1.165) is 103 Å². The van der Waals surface area contributed by atoms with Crippen LogP contribution in [-0.2, 0) is 33.8 Å². The van der Waals surface area contributed by atoms with Gasteiger partial charge >= 0.3 is 0 Å². The average molecular weight is 575 g/mol. The number of likely N-dealkylation sites (tertiary alicyclic amines) is 1. The first-order valence-electron chi connectivity index (χ1n) is 14.5. The van der Waals surface area contributed by atoms with Crippen LogP contribution in [0, 0.1) is 6.92 Å². The van der Waals surface area contributed by atoms with E-state index in [2.05, 4.69) is 15.4 Å². The molecule has 3 aromatic rings. The standard InChI is InChI=1S/C30H34N6O6/c1-19-22(30(40)35-12-3-2-4-25(35)32-19)11-15-34-13-9-20(10-14-34)29-23-6-5-21(16-24(23)42-33-29)41-18-31-26(37)17-36-27(38)7-8-28(36)39/h5-8,16,20H,2-4,9-15,17-18H2,1H3,(H,31,37). The van der Waals surface area contributed by atoms with Crippen molar-refractivity contribution in [1.29, 1.82) is 0 Å². The van der Waals surface area contributed by atoms with Crippen molar-refractivity contribution >= 4 is 28.7 Å². The van der Waals surface area contributed by atoms with Crippen LogP contribution in [0.5, 0.6) is 5.75 Å². The first-order valence-corrected chi connectivity index (χ1v) is 14.5. The second-order valence-corrected chi connectivity index (χ2v) is 11.1. The molecular formula is C30H34N6O6. The van der Waals surface area contributed by atoms with Gasteiger partial charge in [-0.25, -0.2) is 4.98 Å². The summed E-state index contributed by atoms with van der Waals surface area (Å²) in [6.07, 6.45) is 7.91. The number of imide groups is 1. The van der Waals surface area contributed by atoms with Crippen molar-refractivity contribution < 1.29 is 23.6 Å². The van der Waals surface area contributed by atoms with Gasteiger partial charge in [-0.2, -0.15) is 0 Å². The number of nitrogens with one attached hydrogen (secondary N) is 1. The Bertz CT molecular complexity index is 1600. The van der Waals surface area contributed by atoms with E-state index >= 15 is 0 Å². The van der Waals surface area contributed by atoms with E-state index in [1.165, 1.54) is 0 Å². The largest absolute Gasteiger partial charge is 0.473 e. The minimum atomic E-state index is -0.511. The van der Waals surface area contributed by atoms with Crippen LogP contribution in [0.2, 0.25) is 0 Å². The first-order chi connectivity index (χ1) is 20.4. The zero-order valence-electron chi connectivity index (χ0n) is 23.6. The predicted octanol–water partition coefficient (Wildman–Crippen LogP) is 1.83. The summed E-state index contributed by atoms with van der Waals surface area (Å²) in [5.41, 5.74) is 3.39. The average Bonchev–Trinajstić information content (AvgIpc) is 3.55. The molecule has 12 nitrogen and oxygen atoms in total. The third-order valence-electron chi connectivity index (χ3n) is 8.41. The fraction of sp³-hybridized carbons (Fsp3) is 0.467. The smallest absolute Gasteiger partial charge is 0.256 e. The Kier molecular flexibility index (Phi) is 7.88. The number of hydrogen-bond acceptors (Lipinski definition) is 9. The lowest BCUT2D eigenvalue weighted by Gasteiger charge is -2.31. The molecule has 0 unspecified atom stereocenters. The predicted molar refractivity (Wildman–Crippen MR) is 152 cm³/mol. The summed E-state index contributed by atoms with van der Waals surface area (Å²) in [6.45, 7) is 4.93. The highest BCUT2D eigenvalue weighted by atomic mass is 16.5. The van der Waals surface area contributed by atoms with Crippen LogP contribution in [0.4, 0.5) is 0 Å². The molecule has 5 heterocycles. The van der Waals surface area contributed by atoms with Gasteiger partial charge in [0.1, 0.15) is 18.1 Å². The van der Waals surface area contributed by atoms with Crippen LogP contribution in [0.3, 0.4) is 0 Å². The molecule has 0 atom stereocenters. The molecule has 0 aliphatic carbocycles. The van der Waals surface area contributed by atoms with Gasteiger partial charge in [-0.05, 0) is 64.3 Å². The summed E-state index contributed by atoms with van der Waals surface area (Å²) in [5.74, 6) is 0.180. The molecule has 0 bridgehead atoms. The van der Waals surface area contributed by atoms with E-state index in [9.17, 15) is 19.2 Å². The number of hydrogen-bond donors (Lipinski definition) is 1. The molecule has 1 aromatic carbocycles. The van der Waals surface area contributed by atoms with Gasteiger partial charge in [-0.1, -0.05) is 5.16 Å². The van der Waals surface area contributed by atoms with Crippen molar-refractivity contribution in [3.8, 4) is 5.75 Å². The summed E-state index contributed by atoms with van der Waals surface area (Å²) >= 11 is 0. The lowest BCUT2D eigenvalue weighted by atomic mass is 9.91. The van der Waals surface area contributed by atoms with Gasteiger partial charge in [0, 0.05) is 60.3 Å². The van der Waals surface area contributed by atoms with E-state index in [1.54, 1.807) is 12.1 Å². The van der Waals surface area contributed by atoms with Crippen molar-refractivity contribution in [2.45, 2.75) is 57.9 Å². The van der Waals surface area contributed by atoms with Crippen molar-refractivity contribution in [3.63, 3.8) is 0 Å². The molecule has 3 aliphatic rings. The van der Waals surface area contributed by atoms with Gasteiger partial charge in [0.05, 0.1) is 5.69 Å². The van der Waals surface area contributed by atoms with E-state index in [0.29, 0.717) is 17.8 Å². The number of nitrogens with zero attached hydrogens (tertiary/aromatic N) is 5. The number of fused-ring (bicyclic) bond motifs is 2. The zero-order chi connectivity index (χ0) is 29.2. The molecule has 0 radical (unpaired) electrons. The van der Waals surface area contributed by atoms with Crippen molar-refractivity contribution in [2.24, 2.45) is 0 Å². The first kappa shape index (κ1) is 27.8. The minimum Gasteiger partial charge on any atom is -0.473 e. The van der Waals surface area contributed by atoms with Crippen LogP contribution < -0.4 is 15.6 Å². The number of carbonyl (C=O) groups excluding carboxylic acids is 3. The summed E-state index contributed by atoms with van der Waals surface area (Å²) in [7, 11) is 0. The van der Waals surface area contributed by atoms with E-state index < -0.39 is 17.7 Å². The van der Waals surface area contributed by atoms with E-state index in [-0.39, 0.29) is 24.8 Å². The third-order valence-corrected chi connectivity index (χ3v) is 8.41. The van der Waals surface area contributed by atoms with Crippen molar-refractivity contribution in [2.75, 3.05) is 32.9 Å². The Hall–Kier alpha value is -4.32. The molecule has 1 N–H and O–H groups in total. The molecule has 1 saturated heterocycles. The number of carbonyl (C=O) groups is 3. The normalized spacial score (nSPS) is 17.7. The molecule has 6 rings (SSSR count). The Morgan fingerprint density at radius 3 is 2.67 bits per heavy atom. The summed E-state index contributed by atoms with van der Waals surface area (Å²) in [4.78, 5) is 56.3. The molecule has 0 spiro atoms. The minimum absolute atomic E-state index is 0.124. The lowest BCUT2D eigenvalue weighted by molar-refractivity contribution is -0.141. The number of piperidine rings is 1. The van der Waals surface area contributed by atoms with Crippen LogP contribution in [0.1, 0.15) is 54.4 Å². The van der Waals surface area contributed by atoms with Crippen LogP contribution >= 0.6 is 0 Å². The summed E-state index contributed by atoms with van der Waals surface area (Å²) in [6, 6.07) is 5.45. The Morgan fingerprint density at radius 2 is 1.88 bits per heavy atom. The maximum atomic E-state index is 13.1. The molecule has 0 saturated carbocycles. The van der Waals surface area contributed by atoms with E-state index in [1.807, 2.05) is 17.6 Å². The lowest BCUT2D eigenvalue weighted by Crippen LogP contribution is -2.41. The Labute approximate surface area is 242 Å². The summed E-state index contributed by atoms with van der Waals surface area (Å²) in [5, 5.41) is 7.85. The SMILES string of the molecule is Cc1nc2n(c(=O)c1CCN1CCC(c3noc4cc(OCNC(=O)CN5C(=O)C=CC5=O)ccc34)CC1)CCCC2. The Morgan fingerprint density at radius 1 is 1.10 bits per heavy atom. The van der Waals surface area contributed by atoms with Crippen LogP contribution in [0.25, 0.3) is 11.0 Å². The van der Waals surface area contributed by atoms with Gasteiger partial charge in [0.25, 0.3) is 17.4 Å².